The van der Waals surface area contributed by atoms with Crippen molar-refractivity contribution < 1.29 is 4.79 Å². The summed E-state index contributed by atoms with van der Waals surface area (Å²) in [6.07, 6.45) is 0. The number of aryl methyl sites for hydroxylation is 2. The van der Waals surface area contributed by atoms with Gasteiger partial charge in [-0.2, -0.15) is 0 Å². The third kappa shape index (κ3) is 5.07. The first-order valence-electron chi connectivity index (χ1n) is 9.89. The number of amides is 1. The molecule has 2 heterocycles. The van der Waals surface area contributed by atoms with Crippen LogP contribution in [0.25, 0.3) is 10.2 Å². The highest BCUT2D eigenvalue weighted by molar-refractivity contribution is 14.1. The van der Waals surface area contributed by atoms with E-state index < -0.39 is 0 Å². The van der Waals surface area contributed by atoms with E-state index in [1.54, 1.807) is 11.3 Å². The zero-order valence-corrected chi connectivity index (χ0v) is 20.9. The smallest absolute Gasteiger partial charge is 0.252 e. The Hall–Kier alpha value is -1.42. The first kappa shape index (κ1) is 23.2. The molecule has 2 aromatic carbocycles. The van der Waals surface area contributed by atoms with E-state index in [9.17, 15) is 4.79 Å². The van der Waals surface area contributed by atoms with Gasteiger partial charge in [-0.25, -0.2) is 4.98 Å². The van der Waals surface area contributed by atoms with Gasteiger partial charge in [-0.05, 0) is 65.8 Å². The van der Waals surface area contributed by atoms with Gasteiger partial charge < -0.3 is 10.2 Å². The highest BCUT2D eigenvalue weighted by Gasteiger charge is 2.20. The Balaban J connectivity index is 0.00000256. The van der Waals surface area contributed by atoms with Crippen LogP contribution < -0.4 is 10.2 Å². The molecule has 1 aliphatic heterocycles. The Kier molecular flexibility index (Phi) is 7.95. The molecule has 0 bridgehead atoms. The zero-order valence-electron chi connectivity index (χ0n) is 17.2. The summed E-state index contributed by atoms with van der Waals surface area (Å²) in [6, 6.07) is 12.1. The second-order valence-electron chi connectivity index (χ2n) is 7.42. The molecule has 0 unspecified atom stereocenters. The van der Waals surface area contributed by atoms with Crippen LogP contribution in [0.5, 0.6) is 0 Å². The summed E-state index contributed by atoms with van der Waals surface area (Å²) in [7, 11) is 0. The Morgan fingerprint density at radius 1 is 1.13 bits per heavy atom. The Labute approximate surface area is 201 Å². The normalized spacial score (nSPS) is 14.6. The second-order valence-corrected chi connectivity index (χ2v) is 9.59. The van der Waals surface area contributed by atoms with Crippen LogP contribution in [0.2, 0.25) is 0 Å². The van der Waals surface area contributed by atoms with Crippen LogP contribution in [-0.2, 0) is 0 Å². The van der Waals surface area contributed by atoms with Gasteiger partial charge in [-0.15, -0.1) is 12.4 Å². The summed E-state index contributed by atoms with van der Waals surface area (Å²) in [6.45, 7) is 9.78. The second kappa shape index (κ2) is 10.3. The van der Waals surface area contributed by atoms with Crippen LogP contribution in [0.4, 0.5) is 5.13 Å². The third-order valence-corrected chi connectivity index (χ3v) is 7.57. The highest BCUT2D eigenvalue weighted by atomic mass is 127. The maximum Gasteiger partial charge on any atom is 0.252 e. The Morgan fingerprint density at radius 3 is 2.60 bits per heavy atom. The van der Waals surface area contributed by atoms with E-state index >= 15 is 0 Å². The monoisotopic (exact) mass is 556 g/mol. The molecule has 1 aromatic heterocycles. The number of piperazine rings is 1. The van der Waals surface area contributed by atoms with Crippen molar-refractivity contribution in [2.24, 2.45) is 0 Å². The van der Waals surface area contributed by atoms with E-state index in [1.807, 2.05) is 24.3 Å². The molecule has 1 saturated heterocycles. The number of benzene rings is 2. The van der Waals surface area contributed by atoms with Crippen molar-refractivity contribution in [3.63, 3.8) is 0 Å². The third-order valence-electron chi connectivity index (χ3n) is 5.55. The molecule has 1 N–H and O–H groups in total. The van der Waals surface area contributed by atoms with E-state index in [4.69, 9.17) is 4.98 Å². The molecule has 30 heavy (non-hydrogen) atoms. The van der Waals surface area contributed by atoms with E-state index in [1.165, 1.54) is 15.8 Å². The van der Waals surface area contributed by atoms with Crippen molar-refractivity contribution in [3.05, 3.63) is 56.7 Å². The first-order valence-corrected chi connectivity index (χ1v) is 11.8. The highest BCUT2D eigenvalue weighted by Crippen LogP contribution is 2.32. The van der Waals surface area contributed by atoms with Gasteiger partial charge in [0.1, 0.15) is 0 Å². The van der Waals surface area contributed by atoms with Crippen LogP contribution in [0.15, 0.2) is 36.4 Å². The molecule has 1 amide bonds. The maximum absolute atomic E-state index is 12.3. The van der Waals surface area contributed by atoms with E-state index in [2.05, 4.69) is 63.7 Å². The fourth-order valence-electron chi connectivity index (χ4n) is 3.58. The molecular weight excluding hydrogens is 531 g/mol. The first-order chi connectivity index (χ1) is 14.0. The summed E-state index contributed by atoms with van der Waals surface area (Å²) in [5.41, 5.74) is 4.48. The van der Waals surface area contributed by atoms with Crippen molar-refractivity contribution in [1.29, 1.82) is 0 Å². The number of nitrogens with zero attached hydrogens (tertiary/aromatic N) is 3. The van der Waals surface area contributed by atoms with Crippen LogP contribution in [0.1, 0.15) is 21.5 Å². The fraction of sp³-hybridized carbons (Fsp3) is 0.364. The minimum absolute atomic E-state index is 0. The largest absolute Gasteiger partial charge is 0.351 e. The van der Waals surface area contributed by atoms with Gasteiger partial charge in [0.15, 0.2) is 5.13 Å². The van der Waals surface area contributed by atoms with E-state index in [-0.39, 0.29) is 18.3 Å². The lowest BCUT2D eigenvalue weighted by Crippen LogP contribution is -2.48. The quantitative estimate of drug-likeness (QED) is 0.471. The molecule has 0 saturated carbocycles. The van der Waals surface area contributed by atoms with Crippen molar-refractivity contribution in [1.82, 2.24) is 15.2 Å². The number of halogens is 2. The van der Waals surface area contributed by atoms with Gasteiger partial charge in [-0.1, -0.05) is 29.5 Å². The van der Waals surface area contributed by atoms with Crippen molar-refractivity contribution >= 4 is 67.6 Å². The van der Waals surface area contributed by atoms with Gasteiger partial charge >= 0.3 is 0 Å². The Bertz CT molecular complexity index is 1030. The summed E-state index contributed by atoms with van der Waals surface area (Å²) in [5, 5.41) is 4.18. The van der Waals surface area contributed by atoms with Crippen LogP contribution in [-0.4, -0.2) is 55.1 Å². The molecule has 8 heteroatoms. The number of aromatic nitrogens is 1. The van der Waals surface area contributed by atoms with Crippen LogP contribution in [0.3, 0.4) is 0 Å². The number of carbonyl (C=O) groups excluding carboxylic acids is 1. The summed E-state index contributed by atoms with van der Waals surface area (Å²) in [5.74, 6) is 0.00812. The van der Waals surface area contributed by atoms with Crippen molar-refractivity contribution in [2.45, 2.75) is 13.8 Å². The standard InChI is InChI=1S/C22H25IN4OS.ClH/c1-15-7-8-19-20(16(15)2)25-22(29-19)27-13-11-26(12-14-27)10-9-24-21(28)17-5-3-4-6-18(17)23;/h3-8H,9-14H2,1-2H3,(H,24,28);1H. The van der Waals surface area contributed by atoms with Crippen molar-refractivity contribution in [3.8, 4) is 0 Å². The van der Waals surface area contributed by atoms with Gasteiger partial charge in [0.25, 0.3) is 5.91 Å². The number of rotatable bonds is 5. The Morgan fingerprint density at radius 2 is 1.87 bits per heavy atom. The zero-order chi connectivity index (χ0) is 20.4. The lowest BCUT2D eigenvalue weighted by Gasteiger charge is -2.34. The molecule has 1 fully saturated rings. The molecular formula is C22H26ClIN4OS. The van der Waals surface area contributed by atoms with Gasteiger partial charge in [-0.3, -0.25) is 9.69 Å². The molecule has 0 radical (unpaired) electrons. The molecule has 0 aliphatic carbocycles. The lowest BCUT2D eigenvalue weighted by atomic mass is 10.1. The lowest BCUT2D eigenvalue weighted by molar-refractivity contribution is 0.0947. The predicted molar refractivity (Wildman–Crippen MR) is 136 cm³/mol. The minimum atomic E-state index is 0. The summed E-state index contributed by atoms with van der Waals surface area (Å²) >= 11 is 3.99. The molecule has 160 valence electrons. The summed E-state index contributed by atoms with van der Waals surface area (Å²) in [4.78, 5) is 22.1. The summed E-state index contributed by atoms with van der Waals surface area (Å²) < 4.78 is 2.25. The average Bonchev–Trinajstić information content (AvgIpc) is 3.17. The van der Waals surface area contributed by atoms with Gasteiger partial charge in [0.2, 0.25) is 0 Å². The fourth-order valence-corrected chi connectivity index (χ4v) is 5.29. The molecule has 5 nitrogen and oxygen atoms in total. The molecule has 3 aromatic rings. The average molecular weight is 557 g/mol. The number of carbonyl (C=O) groups is 1. The number of hydrogen-bond donors (Lipinski definition) is 1. The molecule has 0 atom stereocenters. The van der Waals surface area contributed by atoms with E-state index in [0.717, 1.165) is 52.5 Å². The molecule has 4 rings (SSSR count). The van der Waals surface area contributed by atoms with Gasteiger partial charge in [0, 0.05) is 42.8 Å². The van der Waals surface area contributed by atoms with Gasteiger partial charge in [0.05, 0.1) is 15.8 Å². The number of fused-ring (bicyclic) bond motifs is 1. The molecule has 0 spiro atoms. The van der Waals surface area contributed by atoms with Crippen LogP contribution in [0, 0.1) is 17.4 Å². The minimum Gasteiger partial charge on any atom is -0.351 e. The molecule has 1 aliphatic rings. The van der Waals surface area contributed by atoms with Crippen LogP contribution >= 0.6 is 46.3 Å². The number of anilines is 1. The SMILES string of the molecule is Cc1ccc2sc(N3CCN(CCNC(=O)c4ccccc4I)CC3)nc2c1C.Cl. The number of thiazole rings is 1. The predicted octanol–water partition coefficient (Wildman–Crippen LogP) is 4.49. The number of nitrogens with one attached hydrogen (secondary N) is 1. The topological polar surface area (TPSA) is 48.5 Å². The van der Waals surface area contributed by atoms with Crippen molar-refractivity contribution in [2.75, 3.05) is 44.2 Å². The van der Waals surface area contributed by atoms with E-state index in [0.29, 0.717) is 6.54 Å². The number of hydrogen-bond acceptors (Lipinski definition) is 5. The maximum atomic E-state index is 12.3.